The van der Waals surface area contributed by atoms with Crippen molar-refractivity contribution < 1.29 is 23.8 Å². The summed E-state index contributed by atoms with van der Waals surface area (Å²) < 4.78 is 15.3. The van der Waals surface area contributed by atoms with Gasteiger partial charge in [0, 0.05) is 17.8 Å². The third-order valence-electron chi connectivity index (χ3n) is 3.21. The average molecular weight is 325 g/mol. The van der Waals surface area contributed by atoms with E-state index in [1.165, 1.54) is 6.08 Å². The maximum absolute atomic E-state index is 11.8. The monoisotopic (exact) mass is 325 g/mol. The Morgan fingerprint density at radius 2 is 1.88 bits per heavy atom. The molecule has 1 amide bonds. The van der Waals surface area contributed by atoms with Crippen LogP contribution in [0.4, 0.5) is 5.69 Å². The molecule has 2 aromatic rings. The molecule has 0 fully saturated rings. The number of esters is 1. The van der Waals surface area contributed by atoms with E-state index in [4.69, 9.17) is 14.2 Å². The fraction of sp³-hybridized carbons (Fsp3) is 0.111. The minimum Gasteiger partial charge on any atom is -0.454 e. The van der Waals surface area contributed by atoms with Crippen LogP contribution in [-0.4, -0.2) is 25.3 Å². The number of anilines is 1. The standard InChI is InChI=1S/C18H15NO5/c20-17(19-14-7-8-15-16(10-14)24-12-23-15)11-22-18(21)9-6-13-4-2-1-3-5-13/h1-10H,11-12H2,(H,19,20). The first kappa shape index (κ1) is 15.6. The molecule has 122 valence electrons. The van der Waals surface area contributed by atoms with Crippen LogP contribution in [0.25, 0.3) is 6.08 Å². The van der Waals surface area contributed by atoms with Crippen LogP contribution in [0.1, 0.15) is 5.56 Å². The highest BCUT2D eigenvalue weighted by molar-refractivity contribution is 5.94. The molecule has 2 aromatic carbocycles. The molecule has 24 heavy (non-hydrogen) atoms. The lowest BCUT2D eigenvalue weighted by atomic mass is 10.2. The van der Waals surface area contributed by atoms with Crippen LogP contribution in [0, 0.1) is 0 Å². The quantitative estimate of drug-likeness (QED) is 0.676. The first-order valence-electron chi connectivity index (χ1n) is 7.30. The van der Waals surface area contributed by atoms with Gasteiger partial charge in [0.2, 0.25) is 6.79 Å². The number of fused-ring (bicyclic) bond motifs is 1. The van der Waals surface area contributed by atoms with E-state index in [0.717, 1.165) is 5.56 Å². The van der Waals surface area contributed by atoms with Crippen LogP contribution in [0.15, 0.2) is 54.6 Å². The van der Waals surface area contributed by atoms with Gasteiger partial charge in [-0.05, 0) is 23.8 Å². The highest BCUT2D eigenvalue weighted by Crippen LogP contribution is 2.34. The maximum atomic E-state index is 11.8. The summed E-state index contributed by atoms with van der Waals surface area (Å²) in [6, 6.07) is 14.4. The zero-order valence-electron chi connectivity index (χ0n) is 12.7. The van der Waals surface area contributed by atoms with Crippen molar-refractivity contribution in [3.8, 4) is 11.5 Å². The van der Waals surface area contributed by atoms with E-state index in [2.05, 4.69) is 5.32 Å². The SMILES string of the molecule is O=C(COC(=O)C=Cc1ccccc1)Nc1ccc2c(c1)OCO2. The van der Waals surface area contributed by atoms with Gasteiger partial charge in [-0.3, -0.25) is 4.79 Å². The molecular weight excluding hydrogens is 310 g/mol. The smallest absolute Gasteiger partial charge is 0.331 e. The number of ether oxygens (including phenoxy) is 3. The summed E-state index contributed by atoms with van der Waals surface area (Å²) in [7, 11) is 0. The summed E-state index contributed by atoms with van der Waals surface area (Å²) >= 11 is 0. The number of carbonyl (C=O) groups excluding carboxylic acids is 2. The topological polar surface area (TPSA) is 73.9 Å². The normalized spacial score (nSPS) is 12.2. The Morgan fingerprint density at radius 1 is 1.08 bits per heavy atom. The Hall–Kier alpha value is -3.28. The molecule has 0 saturated heterocycles. The van der Waals surface area contributed by atoms with Crippen LogP contribution in [0.2, 0.25) is 0 Å². The second-order valence-corrected chi connectivity index (χ2v) is 4.97. The van der Waals surface area contributed by atoms with Crippen molar-refractivity contribution in [2.45, 2.75) is 0 Å². The highest BCUT2D eigenvalue weighted by atomic mass is 16.7. The summed E-state index contributed by atoms with van der Waals surface area (Å²) in [5.41, 5.74) is 1.42. The number of nitrogens with one attached hydrogen (secondary N) is 1. The highest BCUT2D eigenvalue weighted by Gasteiger charge is 2.14. The van der Waals surface area contributed by atoms with E-state index in [-0.39, 0.29) is 13.4 Å². The van der Waals surface area contributed by atoms with Gasteiger partial charge in [0.15, 0.2) is 18.1 Å². The van der Waals surface area contributed by atoms with Gasteiger partial charge in [-0.1, -0.05) is 30.3 Å². The number of amides is 1. The predicted octanol–water partition coefficient (Wildman–Crippen LogP) is 2.61. The van der Waals surface area contributed by atoms with Crippen LogP contribution in [0.3, 0.4) is 0 Å². The fourth-order valence-electron chi connectivity index (χ4n) is 2.08. The van der Waals surface area contributed by atoms with Gasteiger partial charge in [0.1, 0.15) is 0 Å². The summed E-state index contributed by atoms with van der Waals surface area (Å²) in [5.74, 6) is 0.177. The molecule has 3 rings (SSSR count). The Bertz CT molecular complexity index is 770. The molecule has 0 spiro atoms. The Morgan fingerprint density at radius 3 is 2.71 bits per heavy atom. The summed E-state index contributed by atoms with van der Waals surface area (Å²) in [5, 5.41) is 2.62. The van der Waals surface area contributed by atoms with E-state index in [1.807, 2.05) is 30.3 Å². The van der Waals surface area contributed by atoms with Gasteiger partial charge in [-0.15, -0.1) is 0 Å². The molecule has 1 heterocycles. The number of carbonyl (C=O) groups is 2. The van der Waals surface area contributed by atoms with Crippen LogP contribution < -0.4 is 14.8 Å². The Kier molecular flexibility index (Phi) is 4.76. The first-order chi connectivity index (χ1) is 11.7. The predicted molar refractivity (Wildman–Crippen MR) is 87.6 cm³/mol. The van der Waals surface area contributed by atoms with E-state index >= 15 is 0 Å². The summed E-state index contributed by atoms with van der Waals surface area (Å²) in [6.07, 6.45) is 2.90. The third kappa shape index (κ3) is 4.13. The molecule has 0 radical (unpaired) electrons. The molecule has 0 unspecified atom stereocenters. The molecule has 0 aromatic heterocycles. The van der Waals surface area contributed by atoms with Crippen LogP contribution in [0.5, 0.6) is 11.5 Å². The number of hydrogen-bond acceptors (Lipinski definition) is 5. The minimum atomic E-state index is -0.584. The van der Waals surface area contributed by atoms with E-state index in [1.54, 1.807) is 24.3 Å². The number of rotatable bonds is 5. The lowest BCUT2D eigenvalue weighted by molar-refractivity contribution is -0.142. The minimum absolute atomic E-state index is 0.165. The van der Waals surface area contributed by atoms with Gasteiger partial charge < -0.3 is 19.5 Å². The van der Waals surface area contributed by atoms with E-state index in [0.29, 0.717) is 17.2 Å². The Labute approximate surface area is 138 Å². The lowest BCUT2D eigenvalue weighted by Crippen LogP contribution is -2.20. The lowest BCUT2D eigenvalue weighted by Gasteiger charge is -2.06. The van der Waals surface area contributed by atoms with Crippen molar-refractivity contribution in [2.75, 3.05) is 18.7 Å². The average Bonchev–Trinajstić information content (AvgIpc) is 3.07. The van der Waals surface area contributed by atoms with Crippen molar-refractivity contribution >= 4 is 23.6 Å². The van der Waals surface area contributed by atoms with Crippen LogP contribution >= 0.6 is 0 Å². The van der Waals surface area contributed by atoms with Crippen LogP contribution in [-0.2, 0) is 14.3 Å². The second kappa shape index (κ2) is 7.32. The second-order valence-electron chi connectivity index (χ2n) is 4.97. The van der Waals surface area contributed by atoms with Gasteiger partial charge in [0.25, 0.3) is 5.91 Å². The largest absolute Gasteiger partial charge is 0.454 e. The zero-order valence-corrected chi connectivity index (χ0v) is 12.7. The van der Waals surface area contributed by atoms with Crippen molar-refractivity contribution in [1.29, 1.82) is 0 Å². The number of benzene rings is 2. The summed E-state index contributed by atoms with van der Waals surface area (Å²) in [4.78, 5) is 23.4. The Balaban J connectivity index is 1.47. The molecule has 1 N–H and O–H groups in total. The molecule has 1 aliphatic rings. The van der Waals surface area contributed by atoms with Gasteiger partial charge >= 0.3 is 5.97 Å². The molecule has 0 bridgehead atoms. The molecule has 0 saturated carbocycles. The molecule has 0 aliphatic carbocycles. The van der Waals surface area contributed by atoms with E-state index < -0.39 is 11.9 Å². The summed E-state index contributed by atoms with van der Waals surface area (Å²) in [6.45, 7) is -0.204. The molecule has 1 aliphatic heterocycles. The fourth-order valence-corrected chi connectivity index (χ4v) is 2.08. The zero-order chi connectivity index (χ0) is 16.8. The van der Waals surface area contributed by atoms with Crippen molar-refractivity contribution in [3.05, 3.63) is 60.2 Å². The first-order valence-corrected chi connectivity index (χ1v) is 7.30. The van der Waals surface area contributed by atoms with Gasteiger partial charge in [0.05, 0.1) is 0 Å². The molecular formula is C18H15NO5. The molecule has 6 heteroatoms. The molecule has 6 nitrogen and oxygen atoms in total. The van der Waals surface area contributed by atoms with Gasteiger partial charge in [-0.25, -0.2) is 4.79 Å². The van der Waals surface area contributed by atoms with Crippen molar-refractivity contribution in [2.24, 2.45) is 0 Å². The van der Waals surface area contributed by atoms with Crippen molar-refractivity contribution in [1.82, 2.24) is 0 Å². The van der Waals surface area contributed by atoms with Gasteiger partial charge in [-0.2, -0.15) is 0 Å². The molecule has 0 atom stereocenters. The third-order valence-corrected chi connectivity index (χ3v) is 3.21. The number of hydrogen-bond donors (Lipinski definition) is 1. The van der Waals surface area contributed by atoms with Crippen molar-refractivity contribution in [3.63, 3.8) is 0 Å². The maximum Gasteiger partial charge on any atom is 0.331 e. The van der Waals surface area contributed by atoms with E-state index in [9.17, 15) is 9.59 Å².